The van der Waals surface area contributed by atoms with Crippen LogP contribution in [0.2, 0.25) is 0 Å². The van der Waals surface area contributed by atoms with Crippen LogP contribution in [0.1, 0.15) is 36.1 Å². The Labute approximate surface area is 389 Å². The molecule has 332 valence electrons. The van der Waals surface area contributed by atoms with Crippen molar-refractivity contribution in [3.63, 3.8) is 0 Å². The van der Waals surface area contributed by atoms with E-state index in [1.165, 1.54) is 10.8 Å². The molecule has 2 heterocycles. The zero-order valence-electron chi connectivity index (χ0n) is 36.6. The van der Waals surface area contributed by atoms with E-state index in [-0.39, 0.29) is 28.3 Å². The van der Waals surface area contributed by atoms with Gasteiger partial charge in [0.1, 0.15) is 0 Å². The SMILES string of the molecule is C/C(=N\N=C(/[O-])c1ccccc1)c1ccc2ccccc2c1.C/C(=N\N=C(/[O-])c1ccccc1)c1ccc2ccccc2c1.CO.CO.CO.[Ni+2].c1cnc2c(c1)ccc1cccnc12. The van der Waals surface area contributed by atoms with Crippen molar-refractivity contribution in [1.82, 2.24) is 9.97 Å². The minimum absolute atomic E-state index is 0. The van der Waals surface area contributed by atoms with Crippen molar-refractivity contribution in [2.24, 2.45) is 20.4 Å². The molecule has 0 fully saturated rings. The Hall–Kier alpha value is -7.47. The van der Waals surface area contributed by atoms with Crippen LogP contribution in [0.3, 0.4) is 0 Å². The van der Waals surface area contributed by atoms with Crippen LogP contribution in [0.15, 0.2) is 215 Å². The third-order valence-corrected chi connectivity index (χ3v) is 9.30. The number of aromatic nitrogens is 2. The molecular formula is C53H50N6NiO5. The molecule has 0 atom stereocenters. The summed E-state index contributed by atoms with van der Waals surface area (Å²) < 4.78 is 0. The summed E-state index contributed by atoms with van der Waals surface area (Å²) in [5.41, 5.74) is 6.39. The van der Waals surface area contributed by atoms with Crippen LogP contribution in [-0.2, 0) is 16.5 Å². The Kier molecular flexibility index (Phi) is 22.6. The number of rotatable bonds is 6. The van der Waals surface area contributed by atoms with Crippen LogP contribution in [0.4, 0.5) is 0 Å². The number of fused-ring (bicyclic) bond motifs is 5. The van der Waals surface area contributed by atoms with Gasteiger partial charge < -0.3 is 25.5 Å². The molecule has 9 aromatic rings. The van der Waals surface area contributed by atoms with Gasteiger partial charge in [-0.1, -0.05) is 158 Å². The first-order valence-electron chi connectivity index (χ1n) is 20.0. The van der Waals surface area contributed by atoms with E-state index in [0.29, 0.717) is 11.1 Å². The molecule has 0 spiro atoms. The molecule has 0 saturated heterocycles. The molecule has 0 aliphatic carbocycles. The molecular weight excluding hydrogens is 859 g/mol. The predicted octanol–water partition coefficient (Wildman–Crippen LogP) is 8.35. The second kappa shape index (κ2) is 28.3. The maximum Gasteiger partial charge on any atom is 2.00 e. The van der Waals surface area contributed by atoms with E-state index >= 15 is 0 Å². The molecule has 0 aliphatic rings. The number of aliphatic hydroxyl groups is 3. The number of pyridine rings is 2. The largest absolute Gasteiger partial charge is 2.00 e. The first kappa shape index (κ1) is 51.9. The Morgan fingerprint density at radius 1 is 0.354 bits per heavy atom. The standard InChI is InChI=1S/2C19H16N2O.C12H8N2.3CH4O.Ni/c2*1-14(20-21-19(22)16-8-3-2-4-9-16)17-12-11-15-7-5-6-10-18(15)13-17;1-3-9-5-6-10-4-2-8-14-12(10)11(9)13-7-1;3*1-2;/h2*2-13H,1H3,(H,21,22);1-8H;3*2H,1H3;/q;;;;;;+2/p-2/b2*20-14+;;;;;. The van der Waals surface area contributed by atoms with Crippen molar-refractivity contribution in [2.45, 2.75) is 13.8 Å². The molecule has 0 unspecified atom stereocenters. The van der Waals surface area contributed by atoms with Crippen molar-refractivity contribution in [3.8, 4) is 0 Å². The summed E-state index contributed by atoms with van der Waals surface area (Å²) in [6, 6.07) is 58.4. The van der Waals surface area contributed by atoms with Crippen LogP contribution in [0.5, 0.6) is 0 Å². The van der Waals surface area contributed by atoms with E-state index in [0.717, 1.165) is 76.5 Å². The smallest absolute Gasteiger partial charge is 0.857 e. The number of hydrogen-bond donors (Lipinski definition) is 3. The number of benzene rings is 7. The van der Waals surface area contributed by atoms with Gasteiger partial charge in [-0.15, -0.1) is 0 Å². The van der Waals surface area contributed by atoms with Crippen LogP contribution < -0.4 is 10.2 Å². The van der Waals surface area contributed by atoms with Crippen molar-refractivity contribution in [2.75, 3.05) is 21.3 Å². The summed E-state index contributed by atoms with van der Waals surface area (Å²) >= 11 is 0. The van der Waals surface area contributed by atoms with E-state index in [4.69, 9.17) is 15.3 Å². The number of aliphatic hydroxyl groups excluding tert-OH is 3. The van der Waals surface area contributed by atoms with Crippen LogP contribution in [0, 0.1) is 0 Å². The topological polar surface area (TPSA) is 182 Å². The second-order valence-electron chi connectivity index (χ2n) is 13.3. The minimum atomic E-state index is -0.333. The van der Waals surface area contributed by atoms with Crippen LogP contribution >= 0.6 is 0 Å². The average molecular weight is 910 g/mol. The number of hydrogen-bond acceptors (Lipinski definition) is 11. The molecule has 7 aromatic carbocycles. The fraction of sp³-hybridized carbons (Fsp3) is 0.0943. The summed E-state index contributed by atoms with van der Waals surface area (Å²) in [7, 11) is 3.00. The normalized spacial score (nSPS) is 11.1. The Bertz CT molecular complexity index is 2760. The molecule has 0 saturated carbocycles. The molecule has 11 nitrogen and oxygen atoms in total. The van der Waals surface area contributed by atoms with Crippen molar-refractivity contribution in [1.29, 1.82) is 0 Å². The van der Waals surface area contributed by atoms with Gasteiger partial charge in [0, 0.05) is 56.3 Å². The van der Waals surface area contributed by atoms with Crippen LogP contribution in [0.25, 0.3) is 43.4 Å². The maximum atomic E-state index is 11.9. The quantitative estimate of drug-likeness (QED) is 0.0493. The zero-order chi connectivity index (χ0) is 46.1. The first-order valence-corrected chi connectivity index (χ1v) is 20.0. The van der Waals surface area contributed by atoms with Crippen molar-refractivity contribution < 1.29 is 42.0 Å². The third kappa shape index (κ3) is 15.1. The van der Waals surface area contributed by atoms with Crippen LogP contribution in [-0.4, -0.2) is 69.8 Å². The van der Waals surface area contributed by atoms with Gasteiger partial charge in [-0.3, -0.25) is 9.97 Å². The summed E-state index contributed by atoms with van der Waals surface area (Å²) in [6.45, 7) is 3.71. The molecule has 12 heteroatoms. The summed E-state index contributed by atoms with van der Waals surface area (Å²) in [5, 5.41) is 67.5. The zero-order valence-corrected chi connectivity index (χ0v) is 37.6. The number of nitrogens with zero attached hydrogens (tertiary/aromatic N) is 6. The molecule has 2 aromatic heterocycles. The molecule has 0 amide bonds. The van der Waals surface area contributed by atoms with Gasteiger partial charge in [-0.25, -0.2) is 0 Å². The van der Waals surface area contributed by atoms with Gasteiger partial charge in [0.05, 0.1) is 22.5 Å². The van der Waals surface area contributed by atoms with E-state index in [2.05, 4.69) is 91.0 Å². The van der Waals surface area contributed by atoms with Gasteiger partial charge >= 0.3 is 16.5 Å². The van der Waals surface area contributed by atoms with Crippen molar-refractivity contribution >= 4 is 66.6 Å². The molecule has 0 bridgehead atoms. The summed E-state index contributed by atoms with van der Waals surface area (Å²) in [6.07, 6.45) is 3.60. The Morgan fingerprint density at radius 3 is 1.03 bits per heavy atom. The second-order valence-corrected chi connectivity index (χ2v) is 13.3. The van der Waals surface area contributed by atoms with E-state index in [1.807, 2.05) is 111 Å². The Balaban J connectivity index is 0.000000248. The van der Waals surface area contributed by atoms with Gasteiger partial charge in [0.2, 0.25) is 0 Å². The van der Waals surface area contributed by atoms with Crippen molar-refractivity contribution in [3.05, 3.63) is 217 Å². The van der Waals surface area contributed by atoms with Gasteiger partial charge in [0.25, 0.3) is 0 Å². The first-order chi connectivity index (χ1) is 31.4. The molecule has 0 aliphatic heterocycles. The molecule has 65 heavy (non-hydrogen) atoms. The molecule has 3 N–H and O–H groups in total. The summed E-state index contributed by atoms with van der Waals surface area (Å²) in [5.74, 6) is -0.665. The minimum Gasteiger partial charge on any atom is -0.857 e. The van der Waals surface area contributed by atoms with E-state index in [9.17, 15) is 10.2 Å². The maximum absolute atomic E-state index is 11.9. The summed E-state index contributed by atoms with van der Waals surface area (Å²) in [4.78, 5) is 8.69. The van der Waals surface area contributed by atoms with Gasteiger partial charge in [0.15, 0.2) is 0 Å². The van der Waals surface area contributed by atoms with E-state index in [1.54, 1.807) is 36.7 Å². The molecule has 0 radical (unpaired) electrons. The average Bonchev–Trinajstić information content (AvgIpc) is 3.39. The Morgan fingerprint density at radius 2 is 0.662 bits per heavy atom. The van der Waals surface area contributed by atoms with Gasteiger partial charge in [-0.2, -0.15) is 20.4 Å². The third-order valence-electron chi connectivity index (χ3n) is 9.30. The molecule has 9 rings (SSSR count). The monoisotopic (exact) mass is 908 g/mol. The predicted molar refractivity (Wildman–Crippen MR) is 260 cm³/mol. The van der Waals surface area contributed by atoms with E-state index < -0.39 is 0 Å². The fourth-order valence-electron chi connectivity index (χ4n) is 6.14. The van der Waals surface area contributed by atoms with Gasteiger partial charge in [-0.05, 0) is 81.9 Å². The fourth-order valence-corrected chi connectivity index (χ4v) is 6.14.